The number of hydrogen-bond donors (Lipinski definition) is 1. The van der Waals surface area contributed by atoms with Crippen molar-refractivity contribution in [3.63, 3.8) is 0 Å². The van der Waals surface area contributed by atoms with Gasteiger partial charge in [0.05, 0.1) is 19.2 Å². The number of anilines is 1. The topological polar surface area (TPSA) is 62.4 Å². The predicted octanol–water partition coefficient (Wildman–Crippen LogP) is 5.55. The molecule has 0 spiro atoms. The summed E-state index contributed by atoms with van der Waals surface area (Å²) in [6.45, 7) is 1.92. The van der Waals surface area contributed by atoms with Crippen molar-refractivity contribution in [3.8, 4) is 5.75 Å². The van der Waals surface area contributed by atoms with Gasteiger partial charge in [-0.2, -0.15) is 0 Å². The molecule has 31 heavy (non-hydrogen) atoms. The van der Waals surface area contributed by atoms with Gasteiger partial charge in [-0.15, -0.1) is 0 Å². The number of hydrogen-bond acceptors (Lipinski definition) is 3. The molecule has 1 N–H and O–H groups in total. The van der Waals surface area contributed by atoms with E-state index in [1.807, 2.05) is 31.2 Å². The average Bonchev–Trinajstić information content (AvgIpc) is 3.09. The second kappa shape index (κ2) is 8.66. The smallest absolute Gasteiger partial charge is 0.265 e. The maximum atomic E-state index is 13.5. The third-order valence-electron chi connectivity index (χ3n) is 5.21. The van der Waals surface area contributed by atoms with Crippen LogP contribution in [-0.2, 0) is 11.2 Å². The lowest BCUT2D eigenvalue weighted by Gasteiger charge is -2.21. The van der Waals surface area contributed by atoms with Crippen LogP contribution in [0.3, 0.4) is 0 Å². The highest BCUT2D eigenvalue weighted by Gasteiger charge is 2.26. The van der Waals surface area contributed by atoms with Crippen molar-refractivity contribution in [2.75, 3.05) is 12.0 Å². The molecule has 4 aromatic rings. The van der Waals surface area contributed by atoms with Gasteiger partial charge in [0.2, 0.25) is 5.91 Å². The Morgan fingerprint density at radius 2 is 1.71 bits per heavy atom. The van der Waals surface area contributed by atoms with Crippen LogP contribution in [0.2, 0.25) is 5.02 Å². The number of fused-ring (bicyclic) bond motifs is 1. The minimum Gasteiger partial charge on any atom is -0.497 e. The predicted molar refractivity (Wildman–Crippen MR) is 123 cm³/mol. The Kier molecular flexibility index (Phi) is 5.78. The molecule has 0 unspecified atom stereocenters. The molecule has 0 atom stereocenters. The lowest BCUT2D eigenvalue weighted by atomic mass is 10.1. The third-order valence-corrected chi connectivity index (χ3v) is 5.46. The Balaban J connectivity index is 1.73. The minimum absolute atomic E-state index is 0.0627. The number of rotatable bonds is 5. The molecule has 0 saturated heterocycles. The molecule has 0 radical (unpaired) electrons. The molecule has 2 amide bonds. The number of ether oxygens (including phenoxy) is 1. The van der Waals surface area contributed by atoms with Crippen LogP contribution in [-0.4, -0.2) is 23.9 Å². The molecule has 5 nitrogen and oxygen atoms in total. The molecular weight excluding hydrogens is 412 g/mol. The summed E-state index contributed by atoms with van der Waals surface area (Å²) in [5.74, 6) is -0.0155. The number of nitrogens with one attached hydrogen (secondary N) is 1. The van der Waals surface area contributed by atoms with E-state index >= 15 is 0 Å². The fourth-order valence-corrected chi connectivity index (χ4v) is 3.75. The summed E-state index contributed by atoms with van der Waals surface area (Å²) in [4.78, 5) is 31.3. The largest absolute Gasteiger partial charge is 0.497 e. The first kappa shape index (κ1) is 20.7. The quantitative estimate of drug-likeness (QED) is 0.449. The van der Waals surface area contributed by atoms with Gasteiger partial charge in [0, 0.05) is 27.2 Å². The maximum Gasteiger partial charge on any atom is 0.265 e. The molecule has 0 fully saturated rings. The zero-order valence-electron chi connectivity index (χ0n) is 17.2. The lowest BCUT2D eigenvalue weighted by Crippen LogP contribution is -2.38. The number of aromatic nitrogens is 1. The number of aromatic amines is 1. The van der Waals surface area contributed by atoms with E-state index in [0.717, 1.165) is 22.2 Å². The molecule has 0 aliphatic carbocycles. The summed E-state index contributed by atoms with van der Waals surface area (Å²) in [5.41, 5.74) is 3.53. The number of nitrogens with zero attached hydrogens (tertiary/aromatic N) is 1. The van der Waals surface area contributed by atoms with Crippen LogP contribution in [0, 0.1) is 6.92 Å². The van der Waals surface area contributed by atoms with Crippen molar-refractivity contribution in [3.05, 3.63) is 94.6 Å². The van der Waals surface area contributed by atoms with E-state index in [0.29, 0.717) is 22.0 Å². The summed E-state index contributed by atoms with van der Waals surface area (Å²) in [6, 6.07) is 21.1. The van der Waals surface area contributed by atoms with Crippen molar-refractivity contribution in [1.82, 2.24) is 4.98 Å². The Hall–Kier alpha value is -3.57. The Morgan fingerprint density at radius 3 is 2.39 bits per heavy atom. The number of imide groups is 1. The standard InChI is InChI=1S/C25H21ClN2O3/c1-16-21(22-14-20(31-2)12-13-23(22)27-16)15-24(29)28(19-6-4-3-5-7-19)25(30)17-8-10-18(26)11-9-17/h3-14,27H,15H2,1-2H3. The maximum absolute atomic E-state index is 13.5. The van der Waals surface area contributed by atoms with Gasteiger partial charge >= 0.3 is 0 Å². The van der Waals surface area contributed by atoms with Crippen molar-refractivity contribution < 1.29 is 14.3 Å². The first-order valence-corrected chi connectivity index (χ1v) is 10.2. The molecule has 0 bridgehead atoms. The second-order valence-electron chi connectivity index (χ2n) is 7.19. The molecule has 0 saturated carbocycles. The van der Waals surface area contributed by atoms with Gasteiger partial charge in [0.15, 0.2) is 0 Å². The first-order valence-electron chi connectivity index (χ1n) is 9.81. The Labute approximate surface area is 185 Å². The summed E-state index contributed by atoms with van der Waals surface area (Å²) in [5, 5.41) is 1.43. The minimum atomic E-state index is -0.400. The highest BCUT2D eigenvalue weighted by molar-refractivity contribution is 6.30. The number of halogens is 1. The van der Waals surface area contributed by atoms with E-state index in [9.17, 15) is 9.59 Å². The van der Waals surface area contributed by atoms with Gasteiger partial charge in [-0.25, -0.2) is 4.90 Å². The van der Waals surface area contributed by atoms with Crippen LogP contribution in [0.15, 0.2) is 72.8 Å². The molecular formula is C25H21ClN2O3. The number of H-pyrrole nitrogens is 1. The summed E-state index contributed by atoms with van der Waals surface area (Å²) in [7, 11) is 1.60. The van der Waals surface area contributed by atoms with Crippen LogP contribution < -0.4 is 9.64 Å². The Bertz CT molecular complexity index is 1250. The molecule has 4 rings (SSSR count). The fraction of sp³-hybridized carbons (Fsp3) is 0.120. The molecule has 3 aromatic carbocycles. The van der Waals surface area contributed by atoms with Crippen molar-refractivity contribution in [2.24, 2.45) is 0 Å². The number of aryl methyl sites for hydroxylation is 1. The van der Waals surface area contributed by atoms with Crippen LogP contribution in [0.1, 0.15) is 21.6 Å². The number of carbonyl (C=O) groups excluding carboxylic acids is 2. The van der Waals surface area contributed by atoms with E-state index in [2.05, 4.69) is 4.98 Å². The van der Waals surface area contributed by atoms with E-state index in [4.69, 9.17) is 16.3 Å². The summed E-state index contributed by atoms with van der Waals surface area (Å²) in [6.07, 6.45) is 0.0627. The Morgan fingerprint density at radius 1 is 1.00 bits per heavy atom. The highest BCUT2D eigenvalue weighted by atomic mass is 35.5. The van der Waals surface area contributed by atoms with E-state index in [-0.39, 0.29) is 12.3 Å². The van der Waals surface area contributed by atoms with Crippen molar-refractivity contribution >= 4 is 40.0 Å². The third kappa shape index (κ3) is 4.18. The SMILES string of the molecule is COc1ccc2[nH]c(C)c(CC(=O)N(C(=O)c3ccc(Cl)cc3)c3ccccc3)c2c1. The van der Waals surface area contributed by atoms with Gasteiger partial charge in [0.1, 0.15) is 5.75 Å². The number of methoxy groups -OCH3 is 1. The average molecular weight is 433 g/mol. The van der Waals surface area contributed by atoms with Crippen LogP contribution in [0.5, 0.6) is 5.75 Å². The number of para-hydroxylation sites is 1. The lowest BCUT2D eigenvalue weighted by molar-refractivity contribution is -0.117. The monoisotopic (exact) mass is 432 g/mol. The van der Waals surface area contributed by atoms with Crippen LogP contribution in [0.4, 0.5) is 5.69 Å². The normalized spacial score (nSPS) is 10.8. The first-order chi connectivity index (χ1) is 15.0. The summed E-state index contributed by atoms with van der Waals surface area (Å²) >= 11 is 5.96. The van der Waals surface area contributed by atoms with Crippen LogP contribution >= 0.6 is 11.6 Å². The van der Waals surface area contributed by atoms with E-state index < -0.39 is 5.91 Å². The van der Waals surface area contributed by atoms with E-state index in [1.165, 1.54) is 4.90 Å². The van der Waals surface area contributed by atoms with Crippen LogP contribution in [0.25, 0.3) is 10.9 Å². The zero-order chi connectivity index (χ0) is 22.0. The molecule has 6 heteroatoms. The second-order valence-corrected chi connectivity index (χ2v) is 7.63. The number of amides is 2. The zero-order valence-corrected chi connectivity index (χ0v) is 17.9. The number of benzene rings is 3. The molecule has 156 valence electrons. The summed E-state index contributed by atoms with van der Waals surface area (Å²) < 4.78 is 5.34. The number of carbonyl (C=O) groups is 2. The highest BCUT2D eigenvalue weighted by Crippen LogP contribution is 2.28. The van der Waals surface area contributed by atoms with Gasteiger partial charge in [-0.3, -0.25) is 9.59 Å². The van der Waals surface area contributed by atoms with Gasteiger partial charge in [0.25, 0.3) is 5.91 Å². The fourth-order valence-electron chi connectivity index (χ4n) is 3.62. The van der Waals surface area contributed by atoms with Crippen molar-refractivity contribution in [2.45, 2.75) is 13.3 Å². The molecule has 0 aliphatic rings. The molecule has 0 aliphatic heterocycles. The molecule has 1 aromatic heterocycles. The van der Waals surface area contributed by atoms with Crippen molar-refractivity contribution in [1.29, 1.82) is 0 Å². The van der Waals surface area contributed by atoms with Gasteiger partial charge in [-0.1, -0.05) is 29.8 Å². The molecule has 1 heterocycles. The van der Waals surface area contributed by atoms with Gasteiger partial charge in [-0.05, 0) is 67.1 Å². The van der Waals surface area contributed by atoms with Gasteiger partial charge < -0.3 is 9.72 Å². The van der Waals surface area contributed by atoms with E-state index in [1.54, 1.807) is 55.6 Å².